The van der Waals surface area contributed by atoms with Crippen molar-refractivity contribution in [2.24, 2.45) is 0 Å². The van der Waals surface area contributed by atoms with Crippen LogP contribution >= 0.6 is 0 Å². The Labute approximate surface area is 189 Å². The molecule has 0 aliphatic carbocycles. The number of carbonyl (C=O) groups excluding carboxylic acids is 1. The van der Waals surface area contributed by atoms with Crippen molar-refractivity contribution < 1.29 is 17.9 Å². The second-order valence-corrected chi connectivity index (χ2v) is 9.16. The van der Waals surface area contributed by atoms with Crippen molar-refractivity contribution in [1.82, 2.24) is 8.87 Å². The minimum absolute atomic E-state index is 0.108. The van der Waals surface area contributed by atoms with Gasteiger partial charge in [0.2, 0.25) is 10.0 Å². The predicted octanol–water partition coefficient (Wildman–Crippen LogP) is 4.47. The van der Waals surface area contributed by atoms with E-state index in [9.17, 15) is 13.2 Å². The molecule has 3 aromatic rings. The number of ether oxygens (including phenoxy) is 1. The zero-order valence-corrected chi connectivity index (χ0v) is 19.6. The fraction of sp³-hybridized carbons (Fsp3) is 0.292. The van der Waals surface area contributed by atoms with Gasteiger partial charge in [-0.25, -0.2) is 8.42 Å². The maximum absolute atomic E-state index is 13.1. The fourth-order valence-electron chi connectivity index (χ4n) is 3.48. The minimum Gasteiger partial charge on any atom is -0.492 e. The number of nitrogens with one attached hydrogen (secondary N) is 1. The number of sulfonamides is 1. The molecule has 0 spiro atoms. The van der Waals surface area contributed by atoms with E-state index in [1.807, 2.05) is 55.1 Å². The van der Waals surface area contributed by atoms with Crippen LogP contribution in [0.25, 0.3) is 5.69 Å². The maximum atomic E-state index is 13.1. The van der Waals surface area contributed by atoms with Gasteiger partial charge in [0.05, 0.1) is 17.2 Å². The Morgan fingerprint density at radius 3 is 2.34 bits per heavy atom. The summed E-state index contributed by atoms with van der Waals surface area (Å²) in [6.07, 6.45) is 3.83. The van der Waals surface area contributed by atoms with Crippen LogP contribution in [-0.2, 0) is 10.0 Å². The Hall–Kier alpha value is -3.10. The van der Waals surface area contributed by atoms with Crippen molar-refractivity contribution >= 4 is 21.6 Å². The molecule has 0 saturated carbocycles. The summed E-state index contributed by atoms with van der Waals surface area (Å²) < 4.78 is 34.9. The highest BCUT2D eigenvalue weighted by Gasteiger charge is 2.23. The Morgan fingerprint density at radius 2 is 1.72 bits per heavy atom. The van der Waals surface area contributed by atoms with Crippen LogP contribution in [0.1, 0.15) is 36.7 Å². The highest BCUT2D eigenvalue weighted by Crippen LogP contribution is 2.30. The lowest BCUT2D eigenvalue weighted by atomic mass is 10.1. The third-order valence-corrected chi connectivity index (χ3v) is 7.24. The number of hydrogen-bond donors (Lipinski definition) is 1. The minimum atomic E-state index is -3.67. The van der Waals surface area contributed by atoms with Gasteiger partial charge in [-0.3, -0.25) is 4.79 Å². The molecule has 0 fully saturated rings. The molecule has 8 heteroatoms. The van der Waals surface area contributed by atoms with Crippen LogP contribution in [0, 0.1) is 6.92 Å². The molecule has 1 heterocycles. The first kappa shape index (κ1) is 23.6. The lowest BCUT2D eigenvalue weighted by Crippen LogP contribution is -2.30. The molecule has 7 nitrogen and oxygen atoms in total. The van der Waals surface area contributed by atoms with E-state index >= 15 is 0 Å². The van der Waals surface area contributed by atoms with Gasteiger partial charge in [0.25, 0.3) is 5.91 Å². The third kappa shape index (κ3) is 4.87. The lowest BCUT2D eigenvalue weighted by Gasteiger charge is -2.20. The second kappa shape index (κ2) is 10.0. The number of aryl methyl sites for hydroxylation is 1. The van der Waals surface area contributed by atoms with Crippen molar-refractivity contribution in [3.05, 3.63) is 72.1 Å². The molecule has 32 heavy (non-hydrogen) atoms. The average Bonchev–Trinajstić information content (AvgIpc) is 3.30. The van der Waals surface area contributed by atoms with E-state index in [4.69, 9.17) is 4.74 Å². The molecular formula is C24H29N3O4S. The van der Waals surface area contributed by atoms with Crippen LogP contribution in [0.15, 0.2) is 65.8 Å². The van der Waals surface area contributed by atoms with Crippen LogP contribution in [0.3, 0.4) is 0 Å². The van der Waals surface area contributed by atoms with Gasteiger partial charge in [-0.05, 0) is 61.9 Å². The summed E-state index contributed by atoms with van der Waals surface area (Å²) in [6, 6.07) is 13.8. The maximum Gasteiger partial charge on any atom is 0.255 e. The van der Waals surface area contributed by atoms with E-state index in [0.717, 1.165) is 11.3 Å². The predicted molar refractivity (Wildman–Crippen MR) is 126 cm³/mol. The van der Waals surface area contributed by atoms with Gasteiger partial charge in [-0.15, -0.1) is 0 Å². The summed E-state index contributed by atoms with van der Waals surface area (Å²) in [7, 11) is -3.67. The molecule has 0 aliphatic rings. The number of hydrogen-bond acceptors (Lipinski definition) is 4. The van der Waals surface area contributed by atoms with Crippen LogP contribution in [0.2, 0.25) is 0 Å². The van der Waals surface area contributed by atoms with E-state index in [1.54, 1.807) is 26.0 Å². The molecule has 0 radical (unpaired) electrons. The van der Waals surface area contributed by atoms with E-state index in [1.165, 1.54) is 16.4 Å². The summed E-state index contributed by atoms with van der Waals surface area (Å²) in [5, 5.41) is 2.83. The molecule has 1 N–H and O–H groups in total. The van der Waals surface area contributed by atoms with Crippen molar-refractivity contribution in [2.45, 2.75) is 32.6 Å². The zero-order chi connectivity index (χ0) is 23.3. The number of amides is 1. The van der Waals surface area contributed by atoms with E-state index in [0.29, 0.717) is 36.7 Å². The number of nitrogens with zero attached hydrogens (tertiary/aromatic N) is 2. The Bertz CT molecular complexity index is 1180. The number of carbonyl (C=O) groups is 1. The van der Waals surface area contributed by atoms with E-state index in [2.05, 4.69) is 5.32 Å². The van der Waals surface area contributed by atoms with Gasteiger partial charge < -0.3 is 14.6 Å². The molecule has 1 amide bonds. The summed E-state index contributed by atoms with van der Waals surface area (Å²) in [5.74, 6) is 0.0637. The Morgan fingerprint density at radius 1 is 1.03 bits per heavy atom. The van der Waals surface area contributed by atoms with Gasteiger partial charge in [-0.1, -0.05) is 19.9 Å². The number of benzene rings is 2. The second-order valence-electron chi connectivity index (χ2n) is 7.23. The highest BCUT2D eigenvalue weighted by atomic mass is 32.2. The van der Waals surface area contributed by atoms with Gasteiger partial charge >= 0.3 is 0 Å². The Balaban J connectivity index is 1.97. The molecular weight excluding hydrogens is 426 g/mol. The SMILES string of the molecule is CCOc1ccc(S(=O)(=O)N(CC)CC)cc1NC(=O)c1ccc(C)c(-n2cccc2)c1. The van der Waals surface area contributed by atoms with Gasteiger partial charge in [0.15, 0.2) is 0 Å². The Kier molecular flexibility index (Phi) is 7.37. The van der Waals surface area contributed by atoms with E-state index in [-0.39, 0.29) is 10.8 Å². The largest absolute Gasteiger partial charge is 0.492 e. The monoisotopic (exact) mass is 455 g/mol. The summed E-state index contributed by atoms with van der Waals surface area (Å²) in [4.78, 5) is 13.2. The molecule has 2 aromatic carbocycles. The fourth-order valence-corrected chi connectivity index (χ4v) is 4.96. The molecule has 0 unspecified atom stereocenters. The summed E-state index contributed by atoms with van der Waals surface area (Å²) in [6.45, 7) is 8.49. The first-order chi connectivity index (χ1) is 15.3. The quantitative estimate of drug-likeness (QED) is 0.516. The van der Waals surface area contributed by atoms with Crippen LogP contribution in [-0.4, -0.2) is 42.9 Å². The molecule has 3 rings (SSSR count). The third-order valence-electron chi connectivity index (χ3n) is 5.20. The number of anilines is 1. The summed E-state index contributed by atoms with van der Waals surface area (Å²) in [5.41, 5.74) is 2.69. The molecule has 0 saturated heterocycles. The number of rotatable bonds is 9. The molecule has 170 valence electrons. The molecule has 0 aliphatic heterocycles. The molecule has 1 aromatic heterocycles. The van der Waals surface area contributed by atoms with Crippen molar-refractivity contribution in [3.8, 4) is 11.4 Å². The standard InChI is InChI=1S/C24H29N3O4S/c1-5-27(6-2)32(29,30)20-12-13-23(31-7-3)21(17-20)25-24(28)19-11-10-18(4)22(16-19)26-14-8-9-15-26/h8-17H,5-7H2,1-4H3,(H,25,28). The first-order valence-electron chi connectivity index (χ1n) is 10.6. The first-order valence-corrected chi connectivity index (χ1v) is 12.1. The van der Waals surface area contributed by atoms with E-state index < -0.39 is 10.0 Å². The number of aromatic nitrogens is 1. The van der Waals surface area contributed by atoms with Crippen LogP contribution in [0.4, 0.5) is 5.69 Å². The van der Waals surface area contributed by atoms with Gasteiger partial charge in [-0.2, -0.15) is 4.31 Å². The smallest absolute Gasteiger partial charge is 0.255 e. The van der Waals surface area contributed by atoms with Gasteiger partial charge in [0, 0.05) is 36.7 Å². The van der Waals surface area contributed by atoms with Crippen molar-refractivity contribution in [2.75, 3.05) is 25.0 Å². The van der Waals surface area contributed by atoms with Crippen molar-refractivity contribution in [3.63, 3.8) is 0 Å². The van der Waals surface area contributed by atoms with Crippen LogP contribution in [0.5, 0.6) is 5.75 Å². The van der Waals surface area contributed by atoms with Crippen molar-refractivity contribution in [1.29, 1.82) is 0 Å². The topological polar surface area (TPSA) is 80.6 Å². The van der Waals surface area contributed by atoms with Crippen LogP contribution < -0.4 is 10.1 Å². The van der Waals surface area contributed by atoms with Gasteiger partial charge in [0.1, 0.15) is 5.75 Å². The highest BCUT2D eigenvalue weighted by molar-refractivity contribution is 7.89. The zero-order valence-electron chi connectivity index (χ0n) is 18.8. The average molecular weight is 456 g/mol. The molecule has 0 bridgehead atoms. The normalized spacial score (nSPS) is 11.5. The summed E-state index contributed by atoms with van der Waals surface area (Å²) >= 11 is 0. The lowest BCUT2D eigenvalue weighted by molar-refractivity contribution is 0.102. The molecule has 0 atom stereocenters.